The van der Waals surface area contributed by atoms with Gasteiger partial charge < -0.3 is 10.2 Å². The number of aliphatic hydroxyl groups excluding tert-OH is 1. The van der Waals surface area contributed by atoms with Crippen LogP contribution in [0.1, 0.15) is 33.6 Å². The number of carboxylic acids is 1. The quantitative estimate of drug-likeness (QED) is 0.603. The minimum Gasteiger partial charge on any atom is -0.480 e. The zero-order valence-electron chi connectivity index (χ0n) is 11.2. The zero-order valence-corrected chi connectivity index (χ0v) is 11.2. The molecular formula is C15H15NO5. The first-order valence-corrected chi connectivity index (χ1v) is 6.47. The maximum absolute atomic E-state index is 12.2. The summed E-state index contributed by atoms with van der Waals surface area (Å²) in [5, 5.41) is 19.3. The van der Waals surface area contributed by atoms with Crippen LogP contribution in [0, 0.1) is 0 Å². The zero-order chi connectivity index (χ0) is 15.6. The Hall–Kier alpha value is -2.47. The highest BCUT2D eigenvalue weighted by Crippen LogP contribution is 2.26. The van der Waals surface area contributed by atoms with Crippen molar-refractivity contribution in [2.45, 2.75) is 25.0 Å². The van der Waals surface area contributed by atoms with Crippen LogP contribution in [0.3, 0.4) is 0 Å². The minimum atomic E-state index is -1.60. The summed E-state index contributed by atoms with van der Waals surface area (Å²) < 4.78 is 0. The monoisotopic (exact) mass is 289 g/mol. The number of carboxylic acid groups (broad SMARTS) is 1. The standard InChI is InChI=1S/C15H15NO5/c1-2-3-8-11(17)12(15(20)21)16-13(18)9-6-4-5-7-10(9)14(16)19/h2,4-7,11-12,17H,1,3,8H2,(H,20,21)/t11-,12-/m1/s1. The van der Waals surface area contributed by atoms with Gasteiger partial charge in [0.15, 0.2) is 6.04 Å². The van der Waals surface area contributed by atoms with Gasteiger partial charge in [-0.25, -0.2) is 4.79 Å². The molecule has 2 amide bonds. The van der Waals surface area contributed by atoms with E-state index < -0.39 is 29.9 Å². The van der Waals surface area contributed by atoms with Crippen LogP contribution in [-0.2, 0) is 4.79 Å². The fourth-order valence-electron chi connectivity index (χ4n) is 2.35. The molecule has 0 spiro atoms. The Kier molecular flexibility index (Phi) is 4.18. The van der Waals surface area contributed by atoms with E-state index in [9.17, 15) is 24.6 Å². The Balaban J connectivity index is 2.35. The molecule has 1 aliphatic rings. The largest absolute Gasteiger partial charge is 0.480 e. The SMILES string of the molecule is C=CCC[C@@H](O)[C@H](C(=O)O)N1C(=O)c2ccccc2C1=O. The second kappa shape index (κ2) is 5.88. The predicted molar refractivity (Wildman–Crippen MR) is 73.8 cm³/mol. The summed E-state index contributed by atoms with van der Waals surface area (Å²) in [5.74, 6) is -2.80. The molecule has 6 nitrogen and oxygen atoms in total. The number of aliphatic hydroxyl groups is 1. The molecule has 0 aromatic heterocycles. The third-order valence-corrected chi connectivity index (χ3v) is 3.39. The number of carbonyl (C=O) groups is 3. The van der Waals surface area contributed by atoms with Gasteiger partial charge in [-0.3, -0.25) is 14.5 Å². The first-order valence-electron chi connectivity index (χ1n) is 6.47. The molecule has 110 valence electrons. The lowest BCUT2D eigenvalue weighted by molar-refractivity contribution is -0.145. The van der Waals surface area contributed by atoms with Crippen LogP contribution in [0.2, 0.25) is 0 Å². The van der Waals surface area contributed by atoms with Crippen molar-refractivity contribution in [1.29, 1.82) is 0 Å². The van der Waals surface area contributed by atoms with E-state index in [4.69, 9.17) is 0 Å². The van der Waals surface area contributed by atoms with Gasteiger partial charge in [-0.2, -0.15) is 0 Å². The first-order chi connectivity index (χ1) is 9.99. The summed E-state index contributed by atoms with van der Waals surface area (Å²) in [5.41, 5.74) is 0.314. The van der Waals surface area contributed by atoms with Gasteiger partial charge in [-0.1, -0.05) is 18.2 Å². The highest BCUT2D eigenvalue weighted by atomic mass is 16.4. The van der Waals surface area contributed by atoms with E-state index in [1.165, 1.54) is 18.2 Å². The molecule has 0 saturated heterocycles. The molecule has 0 bridgehead atoms. The highest BCUT2D eigenvalue weighted by Gasteiger charge is 2.45. The van der Waals surface area contributed by atoms with E-state index in [0.29, 0.717) is 11.3 Å². The molecule has 0 unspecified atom stereocenters. The lowest BCUT2D eigenvalue weighted by Crippen LogP contribution is -2.51. The van der Waals surface area contributed by atoms with Gasteiger partial charge >= 0.3 is 5.97 Å². The van der Waals surface area contributed by atoms with Crippen LogP contribution in [0.5, 0.6) is 0 Å². The van der Waals surface area contributed by atoms with Gasteiger partial charge in [0.25, 0.3) is 11.8 Å². The number of allylic oxidation sites excluding steroid dienone is 1. The number of nitrogens with zero attached hydrogens (tertiary/aromatic N) is 1. The van der Waals surface area contributed by atoms with Crippen LogP contribution in [-0.4, -0.2) is 45.0 Å². The molecule has 2 N–H and O–H groups in total. The molecule has 2 rings (SSSR count). The lowest BCUT2D eigenvalue weighted by atomic mass is 10.0. The molecule has 21 heavy (non-hydrogen) atoms. The minimum absolute atomic E-state index is 0.105. The molecule has 1 aromatic carbocycles. The summed E-state index contributed by atoms with van der Waals surface area (Å²) in [7, 11) is 0. The molecule has 0 aliphatic carbocycles. The van der Waals surface area contributed by atoms with Crippen molar-refractivity contribution in [3.63, 3.8) is 0 Å². The Bertz CT molecular complexity index is 575. The van der Waals surface area contributed by atoms with Gasteiger partial charge in [0.2, 0.25) is 0 Å². The Morgan fingerprint density at radius 1 is 1.24 bits per heavy atom. The fraction of sp³-hybridized carbons (Fsp3) is 0.267. The Morgan fingerprint density at radius 2 is 1.76 bits per heavy atom. The van der Waals surface area contributed by atoms with Crippen LogP contribution in [0.15, 0.2) is 36.9 Å². The van der Waals surface area contributed by atoms with Crippen molar-refractivity contribution in [1.82, 2.24) is 4.90 Å². The topological polar surface area (TPSA) is 94.9 Å². The van der Waals surface area contributed by atoms with Crippen molar-refractivity contribution in [3.05, 3.63) is 48.0 Å². The first kappa shape index (κ1) is 14.9. The van der Waals surface area contributed by atoms with Crippen molar-refractivity contribution >= 4 is 17.8 Å². The number of benzene rings is 1. The van der Waals surface area contributed by atoms with E-state index >= 15 is 0 Å². The smallest absolute Gasteiger partial charge is 0.329 e. The molecule has 0 radical (unpaired) electrons. The van der Waals surface area contributed by atoms with Crippen LogP contribution < -0.4 is 0 Å². The predicted octanol–water partition coefficient (Wildman–Crippen LogP) is 1.06. The number of amides is 2. The summed E-state index contributed by atoms with van der Waals surface area (Å²) in [4.78, 5) is 36.5. The number of hydrogen-bond donors (Lipinski definition) is 2. The van der Waals surface area contributed by atoms with Crippen LogP contribution >= 0.6 is 0 Å². The molecular weight excluding hydrogens is 274 g/mol. The number of imide groups is 1. The lowest BCUT2D eigenvalue weighted by Gasteiger charge is -2.26. The van der Waals surface area contributed by atoms with Gasteiger partial charge in [-0.05, 0) is 25.0 Å². The summed E-state index contributed by atoms with van der Waals surface area (Å²) in [6, 6.07) is 4.52. The average Bonchev–Trinajstić information content (AvgIpc) is 2.71. The van der Waals surface area contributed by atoms with E-state index in [2.05, 4.69) is 6.58 Å². The van der Waals surface area contributed by atoms with E-state index in [0.717, 1.165) is 0 Å². The summed E-state index contributed by atoms with van der Waals surface area (Å²) in [6.45, 7) is 3.49. The Morgan fingerprint density at radius 3 is 2.19 bits per heavy atom. The molecule has 0 fully saturated rings. The van der Waals surface area contributed by atoms with Crippen LogP contribution in [0.25, 0.3) is 0 Å². The molecule has 1 heterocycles. The second-order valence-electron chi connectivity index (χ2n) is 4.74. The normalized spacial score (nSPS) is 16.5. The number of carbonyl (C=O) groups excluding carboxylic acids is 2. The third-order valence-electron chi connectivity index (χ3n) is 3.39. The van der Waals surface area contributed by atoms with Gasteiger partial charge in [0, 0.05) is 0 Å². The van der Waals surface area contributed by atoms with Crippen molar-refractivity contribution < 1.29 is 24.6 Å². The fourth-order valence-corrected chi connectivity index (χ4v) is 2.35. The number of hydrogen-bond acceptors (Lipinski definition) is 4. The van der Waals surface area contributed by atoms with Gasteiger partial charge in [0.1, 0.15) is 0 Å². The van der Waals surface area contributed by atoms with Crippen molar-refractivity contribution in [2.24, 2.45) is 0 Å². The van der Waals surface area contributed by atoms with Crippen molar-refractivity contribution in [3.8, 4) is 0 Å². The van der Waals surface area contributed by atoms with Crippen molar-refractivity contribution in [2.75, 3.05) is 0 Å². The number of fused-ring (bicyclic) bond motifs is 1. The molecule has 0 saturated carbocycles. The highest BCUT2D eigenvalue weighted by molar-refractivity contribution is 6.22. The number of rotatable bonds is 6. The average molecular weight is 289 g/mol. The van der Waals surface area contributed by atoms with E-state index in [1.54, 1.807) is 12.1 Å². The summed E-state index contributed by atoms with van der Waals surface area (Å²) in [6.07, 6.45) is 0.676. The van der Waals surface area contributed by atoms with E-state index in [1.807, 2.05) is 0 Å². The van der Waals surface area contributed by atoms with E-state index in [-0.39, 0.29) is 17.5 Å². The Labute approximate surface area is 121 Å². The van der Waals surface area contributed by atoms with Gasteiger partial charge in [0.05, 0.1) is 17.2 Å². The number of aliphatic carboxylic acids is 1. The molecule has 2 atom stereocenters. The van der Waals surface area contributed by atoms with Crippen LogP contribution in [0.4, 0.5) is 0 Å². The summed E-state index contributed by atoms with van der Waals surface area (Å²) >= 11 is 0. The second-order valence-corrected chi connectivity index (χ2v) is 4.74. The molecule has 1 aromatic rings. The third kappa shape index (κ3) is 2.57. The molecule has 6 heteroatoms. The van der Waals surface area contributed by atoms with Gasteiger partial charge in [-0.15, -0.1) is 6.58 Å². The maximum atomic E-state index is 12.2. The molecule has 1 aliphatic heterocycles. The maximum Gasteiger partial charge on any atom is 0.329 e.